The summed E-state index contributed by atoms with van der Waals surface area (Å²) in [4.78, 5) is 11.9. The Morgan fingerprint density at radius 1 is 0.941 bits per heavy atom. The summed E-state index contributed by atoms with van der Waals surface area (Å²) in [6.45, 7) is 0. The first kappa shape index (κ1) is 13.3. The quantitative estimate of drug-likeness (QED) is 0.847. The summed E-state index contributed by atoms with van der Waals surface area (Å²) >= 11 is 0. The first-order valence-corrected chi connectivity index (χ1v) is 5.12. The molecule has 0 saturated heterocycles. The standard InChI is InChI=1S/C14H12O2.ClH/c15-13-9-5-4-8-12(13)10-14(16)11-6-2-1-3-7-11;/h1-9,15H,10H2;1H. The number of phenolic OH excluding ortho intramolecular Hbond substituents is 1. The molecule has 2 aromatic carbocycles. The van der Waals surface area contributed by atoms with Crippen molar-refractivity contribution in [1.29, 1.82) is 0 Å². The van der Waals surface area contributed by atoms with Gasteiger partial charge in [0.1, 0.15) is 5.75 Å². The van der Waals surface area contributed by atoms with Crippen LogP contribution < -0.4 is 0 Å². The Hall–Kier alpha value is -1.80. The molecule has 0 radical (unpaired) electrons. The van der Waals surface area contributed by atoms with Crippen molar-refractivity contribution in [3.63, 3.8) is 0 Å². The number of carbonyl (C=O) groups excluding carboxylic acids is 1. The van der Waals surface area contributed by atoms with Gasteiger partial charge in [0.2, 0.25) is 0 Å². The second kappa shape index (κ2) is 6.06. The van der Waals surface area contributed by atoms with Gasteiger partial charge < -0.3 is 5.11 Å². The number of aromatic hydroxyl groups is 1. The summed E-state index contributed by atoms with van der Waals surface area (Å²) in [5, 5.41) is 9.55. The van der Waals surface area contributed by atoms with Crippen LogP contribution in [0.1, 0.15) is 15.9 Å². The molecule has 0 fully saturated rings. The Bertz CT molecular complexity index is 495. The third-order valence-corrected chi connectivity index (χ3v) is 2.44. The third-order valence-electron chi connectivity index (χ3n) is 2.44. The molecular formula is C14H13ClO2. The lowest BCUT2D eigenvalue weighted by molar-refractivity contribution is 0.0992. The highest BCUT2D eigenvalue weighted by molar-refractivity contribution is 5.97. The Morgan fingerprint density at radius 2 is 1.53 bits per heavy atom. The second-order valence-corrected chi connectivity index (χ2v) is 3.59. The van der Waals surface area contributed by atoms with Crippen LogP contribution in [-0.2, 0) is 6.42 Å². The van der Waals surface area contributed by atoms with Crippen LogP contribution >= 0.6 is 12.4 Å². The zero-order chi connectivity index (χ0) is 11.4. The van der Waals surface area contributed by atoms with Crippen molar-refractivity contribution < 1.29 is 9.90 Å². The maximum Gasteiger partial charge on any atom is 0.167 e. The van der Waals surface area contributed by atoms with E-state index in [4.69, 9.17) is 0 Å². The molecule has 3 heteroatoms. The van der Waals surface area contributed by atoms with Crippen molar-refractivity contribution in [3.8, 4) is 5.75 Å². The smallest absolute Gasteiger partial charge is 0.167 e. The van der Waals surface area contributed by atoms with E-state index in [1.165, 1.54) is 0 Å². The number of phenols is 1. The SMILES string of the molecule is Cl.O=C(Cc1ccccc1O)c1ccccc1. The predicted octanol–water partition coefficient (Wildman–Crippen LogP) is 3.24. The van der Waals surface area contributed by atoms with Crippen LogP contribution in [-0.4, -0.2) is 10.9 Å². The fraction of sp³-hybridized carbons (Fsp3) is 0.0714. The van der Waals surface area contributed by atoms with Gasteiger partial charge in [-0.2, -0.15) is 0 Å². The zero-order valence-electron chi connectivity index (χ0n) is 9.17. The summed E-state index contributed by atoms with van der Waals surface area (Å²) < 4.78 is 0. The van der Waals surface area contributed by atoms with Gasteiger partial charge in [-0.05, 0) is 6.07 Å². The molecule has 1 N–H and O–H groups in total. The number of halogens is 1. The molecule has 0 heterocycles. The van der Waals surface area contributed by atoms with Crippen molar-refractivity contribution >= 4 is 18.2 Å². The first-order chi connectivity index (χ1) is 7.77. The van der Waals surface area contributed by atoms with Crippen LogP contribution in [0.2, 0.25) is 0 Å². The molecule has 0 spiro atoms. The predicted molar refractivity (Wildman–Crippen MR) is 69.8 cm³/mol. The van der Waals surface area contributed by atoms with Crippen LogP contribution in [0, 0.1) is 0 Å². The molecule has 88 valence electrons. The lowest BCUT2D eigenvalue weighted by Crippen LogP contribution is -2.03. The normalized spacial score (nSPS) is 9.41. The third kappa shape index (κ3) is 3.33. The summed E-state index contributed by atoms with van der Waals surface area (Å²) in [6.07, 6.45) is 0.233. The Kier molecular flexibility index (Phi) is 4.73. The number of hydrogen-bond acceptors (Lipinski definition) is 2. The fourth-order valence-corrected chi connectivity index (χ4v) is 1.56. The minimum atomic E-state index is 0. The maximum absolute atomic E-state index is 11.9. The molecule has 0 saturated carbocycles. The van der Waals surface area contributed by atoms with E-state index in [1.54, 1.807) is 30.3 Å². The number of ketones is 1. The Morgan fingerprint density at radius 3 is 2.18 bits per heavy atom. The number of para-hydroxylation sites is 1. The van der Waals surface area contributed by atoms with E-state index < -0.39 is 0 Å². The minimum Gasteiger partial charge on any atom is -0.508 e. The van der Waals surface area contributed by atoms with Crippen LogP contribution in [0.25, 0.3) is 0 Å². The summed E-state index contributed by atoms with van der Waals surface area (Å²) in [5.74, 6) is 0.189. The molecule has 0 aromatic heterocycles. The first-order valence-electron chi connectivity index (χ1n) is 5.12. The summed E-state index contributed by atoms with van der Waals surface area (Å²) in [6, 6.07) is 16.0. The van der Waals surface area contributed by atoms with Gasteiger partial charge in [-0.15, -0.1) is 12.4 Å². The topological polar surface area (TPSA) is 37.3 Å². The molecule has 2 aromatic rings. The number of carbonyl (C=O) groups is 1. The molecule has 0 atom stereocenters. The summed E-state index contributed by atoms with van der Waals surface area (Å²) in [7, 11) is 0. The number of rotatable bonds is 3. The van der Waals surface area contributed by atoms with E-state index in [-0.39, 0.29) is 30.4 Å². The minimum absolute atomic E-state index is 0. The van der Waals surface area contributed by atoms with Crippen molar-refractivity contribution in [2.24, 2.45) is 0 Å². The van der Waals surface area contributed by atoms with Crippen LogP contribution in [0.5, 0.6) is 5.75 Å². The molecule has 0 aliphatic carbocycles. The van der Waals surface area contributed by atoms with Crippen molar-refractivity contribution in [2.45, 2.75) is 6.42 Å². The molecular weight excluding hydrogens is 236 g/mol. The van der Waals surface area contributed by atoms with E-state index in [9.17, 15) is 9.90 Å². The molecule has 2 rings (SSSR count). The van der Waals surface area contributed by atoms with Crippen molar-refractivity contribution in [3.05, 3.63) is 65.7 Å². The molecule has 17 heavy (non-hydrogen) atoms. The Balaban J connectivity index is 0.00000144. The van der Waals surface area contributed by atoms with E-state index in [0.717, 1.165) is 0 Å². The van der Waals surface area contributed by atoms with Crippen molar-refractivity contribution in [1.82, 2.24) is 0 Å². The highest BCUT2D eigenvalue weighted by Crippen LogP contribution is 2.17. The van der Waals surface area contributed by atoms with Gasteiger partial charge in [0.05, 0.1) is 0 Å². The maximum atomic E-state index is 11.9. The van der Waals surface area contributed by atoms with Gasteiger partial charge in [-0.1, -0.05) is 48.5 Å². The second-order valence-electron chi connectivity index (χ2n) is 3.59. The summed E-state index contributed by atoms with van der Waals surface area (Å²) in [5.41, 5.74) is 1.34. The average Bonchev–Trinajstić information content (AvgIpc) is 2.33. The van der Waals surface area contributed by atoms with Crippen LogP contribution in [0.15, 0.2) is 54.6 Å². The van der Waals surface area contributed by atoms with Gasteiger partial charge in [-0.3, -0.25) is 4.79 Å². The van der Waals surface area contributed by atoms with Gasteiger partial charge in [0, 0.05) is 17.5 Å². The lowest BCUT2D eigenvalue weighted by atomic mass is 10.0. The van der Waals surface area contributed by atoms with E-state index in [2.05, 4.69) is 0 Å². The zero-order valence-corrected chi connectivity index (χ0v) is 9.98. The van der Waals surface area contributed by atoms with Gasteiger partial charge in [0.15, 0.2) is 5.78 Å². The van der Waals surface area contributed by atoms with Crippen LogP contribution in [0.4, 0.5) is 0 Å². The lowest BCUT2D eigenvalue weighted by Gasteiger charge is -2.03. The molecule has 0 aliphatic heterocycles. The molecule has 0 unspecified atom stereocenters. The monoisotopic (exact) mass is 248 g/mol. The van der Waals surface area contributed by atoms with E-state index >= 15 is 0 Å². The van der Waals surface area contributed by atoms with Crippen molar-refractivity contribution in [2.75, 3.05) is 0 Å². The molecule has 2 nitrogen and oxygen atoms in total. The average molecular weight is 249 g/mol. The van der Waals surface area contributed by atoms with Crippen LogP contribution in [0.3, 0.4) is 0 Å². The molecule has 0 bridgehead atoms. The molecule has 0 aliphatic rings. The number of hydrogen-bond donors (Lipinski definition) is 1. The van der Waals surface area contributed by atoms with Gasteiger partial charge in [0.25, 0.3) is 0 Å². The highest BCUT2D eigenvalue weighted by atomic mass is 35.5. The highest BCUT2D eigenvalue weighted by Gasteiger charge is 2.08. The Labute approximate surface area is 106 Å². The van der Waals surface area contributed by atoms with E-state index in [0.29, 0.717) is 11.1 Å². The van der Waals surface area contributed by atoms with Gasteiger partial charge in [-0.25, -0.2) is 0 Å². The number of Topliss-reactive ketones (excluding diaryl/α,β-unsaturated/α-hetero) is 1. The van der Waals surface area contributed by atoms with Gasteiger partial charge >= 0.3 is 0 Å². The number of benzene rings is 2. The fourth-order valence-electron chi connectivity index (χ4n) is 1.56. The largest absolute Gasteiger partial charge is 0.508 e. The molecule has 0 amide bonds. The van der Waals surface area contributed by atoms with E-state index in [1.807, 2.05) is 24.3 Å².